The number of benzene rings is 1. The van der Waals surface area contributed by atoms with Gasteiger partial charge < -0.3 is 20.7 Å². The van der Waals surface area contributed by atoms with Crippen molar-refractivity contribution < 1.29 is 14.3 Å². The van der Waals surface area contributed by atoms with Crippen LogP contribution in [0.2, 0.25) is 0 Å². The van der Waals surface area contributed by atoms with E-state index in [1.165, 1.54) is 0 Å². The van der Waals surface area contributed by atoms with Crippen molar-refractivity contribution in [2.24, 2.45) is 16.1 Å². The van der Waals surface area contributed by atoms with Gasteiger partial charge in [-0.3, -0.25) is 14.6 Å². The van der Waals surface area contributed by atoms with Crippen LogP contribution in [0.3, 0.4) is 0 Å². The summed E-state index contributed by atoms with van der Waals surface area (Å²) in [6.45, 7) is 3.87. The van der Waals surface area contributed by atoms with Gasteiger partial charge in [0.2, 0.25) is 11.8 Å². The van der Waals surface area contributed by atoms with E-state index in [0.29, 0.717) is 31.7 Å². The summed E-state index contributed by atoms with van der Waals surface area (Å²) in [4.78, 5) is 30.6. The van der Waals surface area contributed by atoms with Gasteiger partial charge in [-0.05, 0) is 43.5 Å². The molecule has 2 amide bonds. The molecule has 3 N–H and O–H groups in total. The molecule has 1 heterocycles. The third-order valence-electron chi connectivity index (χ3n) is 5.12. The van der Waals surface area contributed by atoms with E-state index in [0.717, 1.165) is 30.1 Å². The Labute approximate surface area is 147 Å². The molecule has 7 nitrogen and oxygen atoms in total. The summed E-state index contributed by atoms with van der Waals surface area (Å²) in [6.07, 6.45) is 1.90. The zero-order valence-corrected chi connectivity index (χ0v) is 14.7. The lowest BCUT2D eigenvalue weighted by atomic mass is 9.67. The number of nitrogens with one attached hydrogen (secondary N) is 1. The number of rotatable bonds is 4. The number of aryl methyl sites for hydroxylation is 1. The van der Waals surface area contributed by atoms with Crippen molar-refractivity contribution in [1.82, 2.24) is 0 Å². The monoisotopic (exact) mass is 344 g/mol. The SMILES string of the molecule is CN=C1COCCN1c1ccc(NC(=O)C2(C(N)=O)CCC2)cc1C. The predicted octanol–water partition coefficient (Wildman–Crippen LogP) is 1.45. The molecule has 0 unspecified atom stereocenters. The molecule has 1 aliphatic heterocycles. The second kappa shape index (κ2) is 6.84. The van der Waals surface area contributed by atoms with E-state index in [2.05, 4.69) is 15.2 Å². The first kappa shape index (κ1) is 17.4. The molecule has 1 aliphatic carbocycles. The van der Waals surface area contributed by atoms with Crippen molar-refractivity contribution in [2.45, 2.75) is 26.2 Å². The molecule has 0 aromatic heterocycles. The second-order valence-electron chi connectivity index (χ2n) is 6.60. The summed E-state index contributed by atoms with van der Waals surface area (Å²) in [5, 5.41) is 2.85. The highest BCUT2D eigenvalue weighted by atomic mass is 16.5. The van der Waals surface area contributed by atoms with Gasteiger partial charge in [0, 0.05) is 25.0 Å². The maximum atomic E-state index is 12.5. The Balaban J connectivity index is 1.78. The lowest BCUT2D eigenvalue weighted by molar-refractivity contribution is -0.144. The molecule has 3 rings (SSSR count). The van der Waals surface area contributed by atoms with Gasteiger partial charge in [-0.25, -0.2) is 0 Å². The second-order valence-corrected chi connectivity index (χ2v) is 6.60. The standard InChI is InChI=1S/C18H24N4O3/c1-12-10-13(21-17(24)18(16(19)23)6-3-7-18)4-5-14(12)22-8-9-25-11-15(22)20-2/h4-5,10H,3,6-9,11H2,1-2H3,(H2,19,23)(H,21,24). The summed E-state index contributed by atoms with van der Waals surface area (Å²) in [5.74, 6) is 0.0376. The summed E-state index contributed by atoms with van der Waals surface area (Å²) < 4.78 is 5.45. The minimum atomic E-state index is -1.04. The third-order valence-corrected chi connectivity index (χ3v) is 5.12. The number of amides is 2. The van der Waals surface area contributed by atoms with Crippen LogP contribution in [0.15, 0.2) is 23.2 Å². The van der Waals surface area contributed by atoms with Crippen LogP contribution < -0.4 is 16.0 Å². The molecule has 0 atom stereocenters. The topological polar surface area (TPSA) is 97.0 Å². The van der Waals surface area contributed by atoms with Crippen LogP contribution in [0.25, 0.3) is 0 Å². The number of primary amides is 1. The first-order chi connectivity index (χ1) is 12.0. The number of aliphatic imine (C=N–C) groups is 1. The first-order valence-corrected chi connectivity index (χ1v) is 8.51. The molecule has 7 heteroatoms. The van der Waals surface area contributed by atoms with Gasteiger partial charge in [0.1, 0.15) is 17.9 Å². The Morgan fingerprint density at radius 3 is 2.68 bits per heavy atom. The number of nitrogens with zero attached hydrogens (tertiary/aromatic N) is 2. The van der Waals surface area contributed by atoms with Gasteiger partial charge in [0.05, 0.1) is 6.61 Å². The molecular weight excluding hydrogens is 320 g/mol. The zero-order chi connectivity index (χ0) is 18.0. The van der Waals surface area contributed by atoms with Crippen LogP contribution in [0.4, 0.5) is 11.4 Å². The largest absolute Gasteiger partial charge is 0.372 e. The predicted molar refractivity (Wildman–Crippen MR) is 96.8 cm³/mol. The average Bonchev–Trinajstić information content (AvgIpc) is 2.53. The fraction of sp³-hybridized carbons (Fsp3) is 0.500. The van der Waals surface area contributed by atoms with E-state index in [1.54, 1.807) is 7.05 Å². The number of carbonyl (C=O) groups is 2. The molecule has 134 valence electrons. The van der Waals surface area contributed by atoms with Crippen LogP contribution >= 0.6 is 0 Å². The summed E-state index contributed by atoms with van der Waals surface area (Å²) in [5.41, 5.74) is 7.12. The highest BCUT2D eigenvalue weighted by Crippen LogP contribution is 2.41. The van der Waals surface area contributed by atoms with Gasteiger partial charge in [-0.1, -0.05) is 6.42 Å². The van der Waals surface area contributed by atoms with Crippen LogP contribution in [-0.2, 0) is 14.3 Å². The van der Waals surface area contributed by atoms with Crippen molar-refractivity contribution in [2.75, 3.05) is 37.0 Å². The molecule has 0 radical (unpaired) electrons. The number of ether oxygens (including phenoxy) is 1. The molecule has 1 saturated carbocycles. The van der Waals surface area contributed by atoms with Crippen LogP contribution in [0, 0.1) is 12.3 Å². The number of carbonyl (C=O) groups excluding carboxylic acids is 2. The third kappa shape index (κ3) is 3.11. The molecule has 0 spiro atoms. The summed E-state index contributed by atoms with van der Waals surface area (Å²) >= 11 is 0. The lowest BCUT2D eigenvalue weighted by Gasteiger charge is -2.37. The Bertz CT molecular complexity index is 725. The van der Waals surface area contributed by atoms with Crippen LogP contribution in [0.1, 0.15) is 24.8 Å². The quantitative estimate of drug-likeness (QED) is 0.808. The number of anilines is 2. The van der Waals surface area contributed by atoms with E-state index >= 15 is 0 Å². The smallest absolute Gasteiger partial charge is 0.240 e. The number of nitrogens with two attached hydrogens (primary N) is 1. The molecule has 1 aromatic carbocycles. The first-order valence-electron chi connectivity index (χ1n) is 8.51. The Hall–Kier alpha value is -2.41. The normalized spacial score (nSPS) is 20.9. The highest BCUT2D eigenvalue weighted by Gasteiger charge is 2.49. The van der Waals surface area contributed by atoms with E-state index in [-0.39, 0.29) is 5.91 Å². The van der Waals surface area contributed by atoms with E-state index < -0.39 is 11.3 Å². The van der Waals surface area contributed by atoms with Crippen molar-refractivity contribution in [3.8, 4) is 0 Å². The van der Waals surface area contributed by atoms with Crippen molar-refractivity contribution >= 4 is 29.0 Å². The molecule has 1 aromatic rings. The fourth-order valence-corrected chi connectivity index (χ4v) is 3.37. The Morgan fingerprint density at radius 1 is 1.36 bits per heavy atom. The minimum Gasteiger partial charge on any atom is -0.372 e. The van der Waals surface area contributed by atoms with E-state index in [9.17, 15) is 9.59 Å². The van der Waals surface area contributed by atoms with E-state index in [4.69, 9.17) is 10.5 Å². The maximum absolute atomic E-state index is 12.5. The molecule has 1 saturated heterocycles. The summed E-state index contributed by atoms with van der Waals surface area (Å²) in [7, 11) is 1.75. The van der Waals surface area contributed by atoms with Crippen molar-refractivity contribution in [1.29, 1.82) is 0 Å². The summed E-state index contributed by atoms with van der Waals surface area (Å²) in [6, 6.07) is 5.71. The van der Waals surface area contributed by atoms with Gasteiger partial charge in [-0.15, -0.1) is 0 Å². The fourth-order valence-electron chi connectivity index (χ4n) is 3.37. The van der Waals surface area contributed by atoms with Gasteiger partial charge in [-0.2, -0.15) is 0 Å². The van der Waals surface area contributed by atoms with Crippen molar-refractivity contribution in [3.05, 3.63) is 23.8 Å². The Kier molecular flexibility index (Phi) is 4.76. The van der Waals surface area contributed by atoms with Gasteiger partial charge in [0.25, 0.3) is 0 Å². The molecule has 25 heavy (non-hydrogen) atoms. The number of hydrogen-bond acceptors (Lipinski definition) is 4. The molecule has 2 aliphatic rings. The lowest BCUT2D eigenvalue weighted by Crippen LogP contribution is -2.51. The highest BCUT2D eigenvalue weighted by molar-refractivity contribution is 6.11. The van der Waals surface area contributed by atoms with Crippen molar-refractivity contribution in [3.63, 3.8) is 0 Å². The zero-order valence-electron chi connectivity index (χ0n) is 14.7. The number of hydrogen-bond donors (Lipinski definition) is 2. The number of morpholine rings is 1. The van der Waals surface area contributed by atoms with Gasteiger partial charge in [0.15, 0.2) is 0 Å². The number of amidine groups is 1. The average molecular weight is 344 g/mol. The van der Waals surface area contributed by atoms with Crippen LogP contribution in [-0.4, -0.2) is 44.5 Å². The maximum Gasteiger partial charge on any atom is 0.240 e. The van der Waals surface area contributed by atoms with Gasteiger partial charge >= 0.3 is 0 Å². The molecule has 0 bridgehead atoms. The molecular formula is C18H24N4O3. The Morgan fingerprint density at radius 2 is 2.12 bits per heavy atom. The molecule has 2 fully saturated rings. The van der Waals surface area contributed by atoms with E-state index in [1.807, 2.05) is 25.1 Å². The van der Waals surface area contributed by atoms with Crippen LogP contribution in [0.5, 0.6) is 0 Å². The minimum absolute atomic E-state index is 0.305.